The Morgan fingerprint density at radius 3 is 3.36 bits per heavy atom. The molecule has 14 heavy (non-hydrogen) atoms. The molecule has 0 saturated carbocycles. The lowest BCUT2D eigenvalue weighted by Crippen LogP contribution is -2.24. The van der Waals surface area contributed by atoms with Crippen LogP contribution in [-0.2, 0) is 9.53 Å². The molecule has 2 aliphatic rings. The third kappa shape index (κ3) is 1.73. The molecule has 0 aromatic rings. The molecule has 1 saturated heterocycles. The number of carbonyl (C=O) groups is 1. The smallest absolute Gasteiger partial charge is 0.310 e. The molecule has 2 atom stereocenters. The maximum Gasteiger partial charge on any atom is 0.310 e. The van der Waals surface area contributed by atoms with Gasteiger partial charge in [-0.3, -0.25) is 4.79 Å². The summed E-state index contributed by atoms with van der Waals surface area (Å²) in [7, 11) is 0. The highest BCUT2D eigenvalue weighted by Crippen LogP contribution is 2.44. The molecule has 1 aliphatic heterocycles. The summed E-state index contributed by atoms with van der Waals surface area (Å²) in [6, 6.07) is 0. The molecule has 0 radical (unpaired) electrons. The number of esters is 1. The Hall–Kier alpha value is -0.700. The van der Waals surface area contributed by atoms with Crippen molar-refractivity contribution in [1.82, 2.24) is 0 Å². The van der Waals surface area contributed by atoms with Gasteiger partial charge >= 0.3 is 5.97 Å². The van der Waals surface area contributed by atoms with E-state index >= 15 is 0 Å². The molecule has 2 rings (SSSR count). The molecular weight excluding hydrogens is 196 g/mol. The van der Waals surface area contributed by atoms with E-state index in [1.807, 2.05) is 6.92 Å². The van der Waals surface area contributed by atoms with Crippen LogP contribution in [0.5, 0.6) is 0 Å². The minimum Gasteiger partial charge on any atom is -0.466 e. The Kier molecular flexibility index (Phi) is 2.96. The Morgan fingerprint density at radius 2 is 2.57 bits per heavy atom. The van der Waals surface area contributed by atoms with Gasteiger partial charge in [0.2, 0.25) is 0 Å². The second-order valence-electron chi connectivity index (χ2n) is 3.51. The fourth-order valence-corrected chi connectivity index (χ4v) is 3.32. The van der Waals surface area contributed by atoms with Crippen molar-refractivity contribution >= 4 is 17.7 Å². The second kappa shape index (κ2) is 4.22. The van der Waals surface area contributed by atoms with Gasteiger partial charge in [-0.25, -0.2) is 0 Å². The summed E-state index contributed by atoms with van der Waals surface area (Å²) in [5.41, 5.74) is 0. The average molecular weight is 210 g/mol. The highest BCUT2D eigenvalue weighted by Gasteiger charge is 2.37. The van der Waals surface area contributed by atoms with Crippen LogP contribution in [0.4, 0.5) is 0 Å². The number of hydrogen-bond acceptors (Lipinski definition) is 3. The van der Waals surface area contributed by atoms with Crippen LogP contribution in [0.25, 0.3) is 0 Å². The highest BCUT2D eigenvalue weighted by atomic mass is 32.2. The molecule has 0 spiro atoms. The minimum atomic E-state index is -0.0244. The molecule has 1 heterocycles. The van der Waals surface area contributed by atoms with Gasteiger partial charge in [0, 0.05) is 11.7 Å². The lowest BCUT2D eigenvalue weighted by Gasteiger charge is -2.18. The molecular formula is C11H14O2S. The molecule has 2 nitrogen and oxygen atoms in total. The van der Waals surface area contributed by atoms with Gasteiger partial charge in [0.15, 0.2) is 0 Å². The zero-order valence-electron chi connectivity index (χ0n) is 8.23. The number of carbonyl (C=O) groups excluding carboxylic acids is 1. The lowest BCUT2D eigenvalue weighted by atomic mass is 9.88. The van der Waals surface area contributed by atoms with Crippen molar-refractivity contribution in [1.29, 1.82) is 0 Å². The summed E-state index contributed by atoms with van der Waals surface area (Å²) in [5, 5.41) is 0. The van der Waals surface area contributed by atoms with Crippen LogP contribution in [0.15, 0.2) is 23.1 Å². The molecule has 1 aliphatic carbocycles. The molecule has 2 unspecified atom stereocenters. The molecule has 76 valence electrons. The molecule has 1 fully saturated rings. The van der Waals surface area contributed by atoms with Crippen LogP contribution >= 0.6 is 11.8 Å². The van der Waals surface area contributed by atoms with E-state index in [2.05, 4.69) is 18.2 Å². The van der Waals surface area contributed by atoms with Gasteiger partial charge in [-0.1, -0.05) is 18.2 Å². The summed E-state index contributed by atoms with van der Waals surface area (Å²) >= 11 is 1.80. The molecule has 0 bridgehead atoms. The van der Waals surface area contributed by atoms with E-state index in [1.165, 1.54) is 4.91 Å². The zero-order chi connectivity index (χ0) is 9.97. The molecule has 0 amide bonds. The van der Waals surface area contributed by atoms with Crippen LogP contribution in [0.1, 0.15) is 13.3 Å². The van der Waals surface area contributed by atoms with Gasteiger partial charge in [-0.2, -0.15) is 0 Å². The van der Waals surface area contributed by atoms with E-state index in [1.54, 1.807) is 11.8 Å². The van der Waals surface area contributed by atoms with Crippen LogP contribution < -0.4 is 0 Å². The van der Waals surface area contributed by atoms with Crippen molar-refractivity contribution in [2.45, 2.75) is 13.3 Å². The molecule has 0 aromatic carbocycles. The minimum absolute atomic E-state index is 0.0244. The monoisotopic (exact) mass is 210 g/mol. The van der Waals surface area contributed by atoms with Crippen LogP contribution in [0.3, 0.4) is 0 Å². The van der Waals surface area contributed by atoms with E-state index in [0.717, 1.165) is 12.2 Å². The van der Waals surface area contributed by atoms with E-state index in [-0.39, 0.29) is 11.9 Å². The normalized spacial score (nSPS) is 29.6. The van der Waals surface area contributed by atoms with Gasteiger partial charge in [0.1, 0.15) is 0 Å². The third-order valence-electron chi connectivity index (χ3n) is 2.66. The van der Waals surface area contributed by atoms with Crippen LogP contribution in [-0.4, -0.2) is 18.3 Å². The van der Waals surface area contributed by atoms with Crippen molar-refractivity contribution < 1.29 is 9.53 Å². The number of thioether (sulfide) groups is 1. The summed E-state index contributed by atoms with van der Waals surface area (Å²) in [6.07, 6.45) is 7.32. The predicted octanol–water partition coefficient (Wildman–Crippen LogP) is 2.37. The number of allylic oxidation sites excluding steroid dienone is 4. The maximum absolute atomic E-state index is 11.6. The largest absolute Gasteiger partial charge is 0.466 e. The van der Waals surface area contributed by atoms with Crippen molar-refractivity contribution in [3.05, 3.63) is 23.1 Å². The van der Waals surface area contributed by atoms with E-state index < -0.39 is 0 Å². The Morgan fingerprint density at radius 1 is 1.71 bits per heavy atom. The lowest BCUT2D eigenvalue weighted by molar-refractivity contribution is -0.148. The predicted molar refractivity (Wildman–Crippen MR) is 57.9 cm³/mol. The first-order chi connectivity index (χ1) is 6.83. The van der Waals surface area contributed by atoms with Gasteiger partial charge in [0.25, 0.3) is 0 Å². The van der Waals surface area contributed by atoms with Crippen molar-refractivity contribution in [3.63, 3.8) is 0 Å². The summed E-state index contributed by atoms with van der Waals surface area (Å²) in [5.74, 6) is 1.33. The molecule has 3 heteroatoms. The SMILES string of the molecule is CCOC(=O)C1CSC2=CC=CCC21. The van der Waals surface area contributed by atoms with Gasteiger partial charge in [0.05, 0.1) is 12.5 Å². The standard InChI is InChI=1S/C11H14O2S/c1-2-13-11(12)9-7-14-10-6-4-3-5-8(9)10/h3-4,6,8-9H,2,5,7H2,1H3. The molecule has 0 N–H and O–H groups in total. The van der Waals surface area contributed by atoms with Crippen LogP contribution in [0.2, 0.25) is 0 Å². The van der Waals surface area contributed by atoms with Crippen molar-refractivity contribution in [2.24, 2.45) is 11.8 Å². The van der Waals surface area contributed by atoms with E-state index in [0.29, 0.717) is 12.5 Å². The third-order valence-corrected chi connectivity index (χ3v) is 3.95. The van der Waals surface area contributed by atoms with Gasteiger partial charge < -0.3 is 4.74 Å². The zero-order valence-corrected chi connectivity index (χ0v) is 9.05. The first kappa shape index (κ1) is 9.84. The maximum atomic E-state index is 11.6. The average Bonchev–Trinajstić information content (AvgIpc) is 2.61. The summed E-state index contributed by atoms with van der Waals surface area (Å²) in [6.45, 7) is 2.35. The fraction of sp³-hybridized carbons (Fsp3) is 0.545. The van der Waals surface area contributed by atoms with Crippen LogP contribution in [0, 0.1) is 11.8 Å². The number of rotatable bonds is 2. The van der Waals surface area contributed by atoms with Gasteiger partial charge in [-0.05, 0) is 18.2 Å². The number of hydrogen-bond donors (Lipinski definition) is 0. The van der Waals surface area contributed by atoms with E-state index in [4.69, 9.17) is 4.74 Å². The number of fused-ring (bicyclic) bond motifs is 1. The first-order valence-electron chi connectivity index (χ1n) is 4.99. The quantitative estimate of drug-likeness (QED) is 0.654. The Bertz CT molecular complexity index is 294. The highest BCUT2D eigenvalue weighted by molar-refractivity contribution is 8.03. The van der Waals surface area contributed by atoms with E-state index in [9.17, 15) is 4.79 Å². The van der Waals surface area contributed by atoms with Crippen molar-refractivity contribution in [3.8, 4) is 0 Å². The van der Waals surface area contributed by atoms with Gasteiger partial charge in [-0.15, -0.1) is 11.8 Å². The topological polar surface area (TPSA) is 26.3 Å². The Balaban J connectivity index is 2.06. The Labute approximate surface area is 88.4 Å². The first-order valence-corrected chi connectivity index (χ1v) is 5.97. The fourth-order valence-electron chi connectivity index (χ4n) is 1.93. The summed E-state index contributed by atoms with van der Waals surface area (Å²) < 4.78 is 5.07. The number of ether oxygens (including phenoxy) is 1. The molecule has 0 aromatic heterocycles. The van der Waals surface area contributed by atoms with Crippen molar-refractivity contribution in [2.75, 3.05) is 12.4 Å². The second-order valence-corrected chi connectivity index (χ2v) is 4.60. The summed E-state index contributed by atoms with van der Waals surface area (Å²) in [4.78, 5) is 13.0.